The second-order valence-corrected chi connectivity index (χ2v) is 15.7. The molecule has 0 saturated heterocycles. The van der Waals surface area contributed by atoms with E-state index < -0.39 is 0 Å². The van der Waals surface area contributed by atoms with Crippen molar-refractivity contribution in [1.82, 2.24) is 0 Å². The van der Waals surface area contributed by atoms with Gasteiger partial charge >= 0.3 is 0 Å². The summed E-state index contributed by atoms with van der Waals surface area (Å²) in [4.78, 5) is 2.57. The summed E-state index contributed by atoms with van der Waals surface area (Å²) >= 11 is 0. The number of benzene rings is 9. The molecule has 0 spiro atoms. The van der Waals surface area contributed by atoms with Crippen molar-refractivity contribution in [2.75, 3.05) is 4.90 Å². The van der Waals surface area contributed by atoms with Crippen LogP contribution in [0.1, 0.15) is 47.2 Å². The lowest BCUT2D eigenvalue weighted by molar-refractivity contribution is 1.11. The van der Waals surface area contributed by atoms with Crippen molar-refractivity contribution in [3.05, 3.63) is 197 Å². The first-order chi connectivity index (χ1) is 27.8. The van der Waals surface area contributed by atoms with E-state index in [-0.39, 0.29) is 0 Å². The lowest BCUT2D eigenvalue weighted by Crippen LogP contribution is -2.16. The van der Waals surface area contributed by atoms with E-state index in [1.807, 2.05) is 0 Å². The zero-order valence-electron chi connectivity index (χ0n) is 33.9. The maximum Gasteiger partial charge on any atom is 0.0494 e. The van der Waals surface area contributed by atoms with Gasteiger partial charge in [0.1, 0.15) is 0 Å². The predicted octanol–water partition coefficient (Wildman–Crippen LogP) is 16.0. The maximum absolute atomic E-state index is 2.57. The third kappa shape index (κ3) is 6.38. The highest BCUT2D eigenvalue weighted by Crippen LogP contribution is 2.47. The summed E-state index contributed by atoms with van der Waals surface area (Å²) in [6.45, 7) is 13.7. The Morgan fingerprint density at radius 1 is 0.316 bits per heavy atom. The maximum atomic E-state index is 2.57. The number of anilines is 3. The largest absolute Gasteiger partial charge is 0.310 e. The minimum absolute atomic E-state index is 0.927. The molecule has 0 fully saturated rings. The fraction of sp³-hybridized carbons (Fsp3) is 0.143. The third-order valence-corrected chi connectivity index (χ3v) is 12.1. The van der Waals surface area contributed by atoms with Crippen LogP contribution in [0.2, 0.25) is 0 Å². The molecule has 0 heterocycles. The lowest BCUT2D eigenvalue weighted by atomic mass is 9.89. The molecule has 0 atom stereocenters. The molecule has 9 aromatic rings. The molecule has 1 heteroatoms. The first-order valence-corrected chi connectivity index (χ1v) is 20.5. The van der Waals surface area contributed by atoms with Gasteiger partial charge in [-0.1, -0.05) is 141 Å². The monoisotopic (exact) mass is 735 g/mol. The SMILES string of the molecule is CCc1cc(N(c2cc(C)c(-c3cccc4ccccc34)cc2C)c2cc(CC)c(-c3cccc4ccccc34)cc2C)c(C)cc1-c1cccc2ccccc12. The summed E-state index contributed by atoms with van der Waals surface area (Å²) in [6, 6.07) is 61.0. The van der Waals surface area contributed by atoms with Crippen molar-refractivity contribution >= 4 is 49.4 Å². The quantitative estimate of drug-likeness (QED) is 0.150. The van der Waals surface area contributed by atoms with Crippen LogP contribution in [0, 0.1) is 27.7 Å². The van der Waals surface area contributed by atoms with Gasteiger partial charge < -0.3 is 4.90 Å². The van der Waals surface area contributed by atoms with Crippen molar-refractivity contribution in [2.45, 2.75) is 54.4 Å². The van der Waals surface area contributed by atoms with E-state index in [1.165, 1.54) is 116 Å². The molecule has 0 unspecified atom stereocenters. The summed E-state index contributed by atoms with van der Waals surface area (Å²) in [5.74, 6) is 0. The highest BCUT2D eigenvalue weighted by atomic mass is 15.1. The number of fused-ring (bicyclic) bond motifs is 3. The van der Waals surface area contributed by atoms with Gasteiger partial charge in [-0.05, 0) is 176 Å². The van der Waals surface area contributed by atoms with Crippen LogP contribution in [0.3, 0.4) is 0 Å². The van der Waals surface area contributed by atoms with E-state index in [1.54, 1.807) is 0 Å². The molecular weight excluding hydrogens is 687 g/mol. The first-order valence-electron chi connectivity index (χ1n) is 20.5. The number of aryl methyl sites for hydroxylation is 6. The molecule has 278 valence electrons. The zero-order valence-corrected chi connectivity index (χ0v) is 33.9. The standard InChI is InChI=1S/C56H49N/c1-7-40-34-55(38(5)31-52(40)49-28-16-22-43-19-10-13-25-46(43)49)57(54-33-36(3)51(30-37(54)4)48-27-15-21-42-18-9-12-24-45(42)48)56-35-41(8-2)53(32-39(56)6)50-29-17-23-44-20-11-14-26-47(44)50/h9-35H,7-8H2,1-6H3. The van der Waals surface area contributed by atoms with Gasteiger partial charge in [-0.15, -0.1) is 0 Å². The van der Waals surface area contributed by atoms with Gasteiger partial charge in [-0.2, -0.15) is 0 Å². The molecule has 1 nitrogen and oxygen atoms in total. The predicted molar refractivity (Wildman–Crippen MR) is 248 cm³/mol. The van der Waals surface area contributed by atoms with E-state index in [0.29, 0.717) is 0 Å². The zero-order chi connectivity index (χ0) is 39.2. The normalized spacial score (nSPS) is 11.5. The Hall–Kier alpha value is -6.44. The van der Waals surface area contributed by atoms with Gasteiger partial charge in [0, 0.05) is 17.1 Å². The molecule has 57 heavy (non-hydrogen) atoms. The molecule has 0 saturated carbocycles. The summed E-state index contributed by atoms with van der Waals surface area (Å²) in [6.07, 6.45) is 1.85. The molecule has 9 rings (SSSR count). The summed E-state index contributed by atoms with van der Waals surface area (Å²) in [5.41, 5.74) is 19.1. The molecule has 0 bridgehead atoms. The Bertz CT molecular complexity index is 2830. The Labute approximate surface area is 337 Å². The van der Waals surface area contributed by atoms with Gasteiger partial charge in [-0.25, -0.2) is 0 Å². The van der Waals surface area contributed by atoms with Crippen LogP contribution in [-0.4, -0.2) is 0 Å². The topological polar surface area (TPSA) is 3.24 Å². The highest BCUT2D eigenvalue weighted by Gasteiger charge is 2.24. The van der Waals surface area contributed by atoms with Crippen molar-refractivity contribution in [2.24, 2.45) is 0 Å². The van der Waals surface area contributed by atoms with Crippen LogP contribution in [0.4, 0.5) is 17.1 Å². The molecule has 0 aliphatic carbocycles. The first kappa shape index (κ1) is 36.2. The Morgan fingerprint density at radius 3 is 1.05 bits per heavy atom. The molecule has 0 radical (unpaired) electrons. The molecule has 0 aliphatic rings. The second kappa shape index (κ2) is 14.9. The van der Waals surface area contributed by atoms with Crippen molar-refractivity contribution in [3.63, 3.8) is 0 Å². The average molecular weight is 736 g/mol. The number of hydrogen-bond acceptors (Lipinski definition) is 1. The van der Waals surface area contributed by atoms with Crippen molar-refractivity contribution < 1.29 is 0 Å². The van der Waals surface area contributed by atoms with Crippen molar-refractivity contribution in [3.8, 4) is 33.4 Å². The molecule has 0 aliphatic heterocycles. The molecule has 0 N–H and O–H groups in total. The van der Waals surface area contributed by atoms with Crippen LogP contribution in [-0.2, 0) is 12.8 Å². The van der Waals surface area contributed by atoms with Gasteiger partial charge in [0.05, 0.1) is 0 Å². The van der Waals surface area contributed by atoms with Gasteiger partial charge in [0.15, 0.2) is 0 Å². The van der Waals surface area contributed by atoms with Crippen LogP contribution >= 0.6 is 0 Å². The van der Waals surface area contributed by atoms with Gasteiger partial charge in [-0.3, -0.25) is 0 Å². The molecular formula is C56H49N. The number of nitrogens with zero attached hydrogens (tertiary/aromatic N) is 1. The van der Waals surface area contributed by atoms with E-state index in [9.17, 15) is 0 Å². The smallest absolute Gasteiger partial charge is 0.0494 e. The summed E-state index contributed by atoms with van der Waals surface area (Å²) < 4.78 is 0. The highest BCUT2D eigenvalue weighted by molar-refractivity contribution is 6.01. The molecule has 9 aromatic carbocycles. The minimum atomic E-state index is 0.927. The number of rotatable bonds is 8. The molecule has 0 amide bonds. The van der Waals surface area contributed by atoms with Crippen LogP contribution in [0.25, 0.3) is 65.7 Å². The van der Waals surface area contributed by atoms with Crippen LogP contribution < -0.4 is 4.90 Å². The Balaban J connectivity index is 1.28. The number of hydrogen-bond donors (Lipinski definition) is 0. The fourth-order valence-corrected chi connectivity index (χ4v) is 9.15. The van der Waals surface area contributed by atoms with Crippen LogP contribution in [0.5, 0.6) is 0 Å². The third-order valence-electron chi connectivity index (χ3n) is 12.1. The van der Waals surface area contributed by atoms with E-state index in [2.05, 4.69) is 210 Å². The van der Waals surface area contributed by atoms with Crippen molar-refractivity contribution in [1.29, 1.82) is 0 Å². The van der Waals surface area contributed by atoms with E-state index >= 15 is 0 Å². The van der Waals surface area contributed by atoms with Crippen LogP contribution in [0.15, 0.2) is 164 Å². The Morgan fingerprint density at radius 2 is 0.649 bits per heavy atom. The van der Waals surface area contributed by atoms with Gasteiger partial charge in [0.25, 0.3) is 0 Å². The summed E-state index contributed by atoms with van der Waals surface area (Å²) in [7, 11) is 0. The molecule has 0 aromatic heterocycles. The Kier molecular flexibility index (Phi) is 9.47. The second-order valence-electron chi connectivity index (χ2n) is 15.7. The fourth-order valence-electron chi connectivity index (χ4n) is 9.15. The van der Waals surface area contributed by atoms with E-state index in [4.69, 9.17) is 0 Å². The minimum Gasteiger partial charge on any atom is -0.310 e. The summed E-state index contributed by atoms with van der Waals surface area (Å²) in [5, 5.41) is 7.68. The van der Waals surface area contributed by atoms with E-state index in [0.717, 1.165) is 12.8 Å². The average Bonchev–Trinajstić information content (AvgIpc) is 3.25. The lowest BCUT2D eigenvalue weighted by Gasteiger charge is -2.32. The van der Waals surface area contributed by atoms with Gasteiger partial charge in [0.2, 0.25) is 0 Å².